The monoisotopic (exact) mass is 128 g/mol. The fraction of sp³-hybridized carbons (Fsp3) is 0.571. The van der Waals surface area contributed by atoms with Crippen LogP contribution in [-0.2, 0) is 9.53 Å². The van der Waals surface area contributed by atoms with Gasteiger partial charge in [-0.1, -0.05) is 19.1 Å². The third-order valence-corrected chi connectivity index (χ3v) is 0.948. The Hall–Kier alpha value is -0.790. The Bertz CT molecular complexity index is 97.1. The molecule has 2 heteroatoms. The van der Waals surface area contributed by atoms with E-state index < -0.39 is 0 Å². The van der Waals surface area contributed by atoms with Crippen LogP contribution in [-0.4, -0.2) is 13.1 Å². The van der Waals surface area contributed by atoms with E-state index in [4.69, 9.17) is 0 Å². The van der Waals surface area contributed by atoms with Gasteiger partial charge in [0.1, 0.15) is 0 Å². The minimum Gasteiger partial charge on any atom is -0.467 e. The number of hydrogen-bond donors (Lipinski definition) is 0. The van der Waals surface area contributed by atoms with Crippen LogP contribution in [0.25, 0.3) is 0 Å². The molecule has 0 aliphatic carbocycles. The van der Waals surface area contributed by atoms with Crippen LogP contribution in [0.4, 0.5) is 0 Å². The first kappa shape index (κ1) is 8.21. The van der Waals surface area contributed by atoms with Crippen LogP contribution in [0.3, 0.4) is 0 Å². The SMILES string of the molecule is C/C=C/C(C)COC=O. The third-order valence-electron chi connectivity index (χ3n) is 0.948. The van der Waals surface area contributed by atoms with Gasteiger partial charge in [0.05, 0.1) is 6.61 Å². The summed E-state index contributed by atoms with van der Waals surface area (Å²) in [4.78, 5) is 9.67. The molecule has 0 bridgehead atoms. The largest absolute Gasteiger partial charge is 0.467 e. The predicted molar refractivity (Wildman–Crippen MR) is 36.0 cm³/mol. The zero-order chi connectivity index (χ0) is 7.11. The molecule has 0 aliphatic rings. The number of allylic oxidation sites excluding steroid dienone is 1. The molecule has 0 aliphatic heterocycles. The van der Waals surface area contributed by atoms with Gasteiger partial charge in [-0.15, -0.1) is 0 Å². The van der Waals surface area contributed by atoms with E-state index in [1.165, 1.54) is 0 Å². The topological polar surface area (TPSA) is 26.3 Å². The number of carbonyl (C=O) groups is 1. The summed E-state index contributed by atoms with van der Waals surface area (Å²) in [5.41, 5.74) is 0. The maximum atomic E-state index is 9.67. The molecule has 0 spiro atoms. The van der Waals surface area contributed by atoms with Crippen LogP contribution in [0.2, 0.25) is 0 Å². The minimum atomic E-state index is 0.334. The van der Waals surface area contributed by atoms with Crippen molar-refractivity contribution in [1.82, 2.24) is 0 Å². The first-order valence-corrected chi connectivity index (χ1v) is 2.99. The van der Waals surface area contributed by atoms with E-state index in [0.717, 1.165) is 0 Å². The van der Waals surface area contributed by atoms with Crippen molar-refractivity contribution in [2.75, 3.05) is 6.61 Å². The van der Waals surface area contributed by atoms with Gasteiger partial charge in [0.25, 0.3) is 6.47 Å². The summed E-state index contributed by atoms with van der Waals surface area (Å²) in [5.74, 6) is 0.334. The molecule has 0 heterocycles. The van der Waals surface area contributed by atoms with Gasteiger partial charge in [0, 0.05) is 5.92 Å². The molecule has 0 rings (SSSR count). The fourth-order valence-corrected chi connectivity index (χ4v) is 0.575. The zero-order valence-electron chi connectivity index (χ0n) is 5.83. The lowest BCUT2D eigenvalue weighted by Gasteiger charge is -2.01. The molecule has 0 aromatic carbocycles. The lowest BCUT2D eigenvalue weighted by atomic mass is 10.2. The Balaban J connectivity index is 3.25. The molecule has 0 fully saturated rings. The van der Waals surface area contributed by atoms with Crippen molar-refractivity contribution >= 4 is 6.47 Å². The van der Waals surface area contributed by atoms with Crippen LogP contribution in [0.5, 0.6) is 0 Å². The summed E-state index contributed by atoms with van der Waals surface area (Å²) >= 11 is 0. The molecule has 1 unspecified atom stereocenters. The molecule has 0 aromatic heterocycles. The highest BCUT2D eigenvalue weighted by molar-refractivity contribution is 5.36. The summed E-state index contributed by atoms with van der Waals surface area (Å²) in [6.07, 6.45) is 3.93. The predicted octanol–water partition coefficient (Wildman–Crippen LogP) is 1.37. The molecule has 9 heavy (non-hydrogen) atoms. The summed E-state index contributed by atoms with van der Waals surface area (Å²) < 4.78 is 4.52. The van der Waals surface area contributed by atoms with E-state index in [0.29, 0.717) is 19.0 Å². The van der Waals surface area contributed by atoms with Gasteiger partial charge in [0.15, 0.2) is 0 Å². The van der Waals surface area contributed by atoms with Crippen molar-refractivity contribution in [3.63, 3.8) is 0 Å². The smallest absolute Gasteiger partial charge is 0.293 e. The Morgan fingerprint density at radius 2 is 2.33 bits per heavy atom. The van der Waals surface area contributed by atoms with E-state index in [9.17, 15) is 4.79 Å². The van der Waals surface area contributed by atoms with Crippen molar-refractivity contribution in [3.8, 4) is 0 Å². The fourth-order valence-electron chi connectivity index (χ4n) is 0.575. The normalized spacial score (nSPS) is 13.6. The quantitative estimate of drug-likeness (QED) is 0.422. The average molecular weight is 128 g/mol. The van der Waals surface area contributed by atoms with Gasteiger partial charge < -0.3 is 4.74 Å². The van der Waals surface area contributed by atoms with Gasteiger partial charge in [-0.25, -0.2) is 0 Å². The molecular formula is C7H12O2. The number of ether oxygens (including phenoxy) is 1. The second-order valence-corrected chi connectivity index (χ2v) is 1.93. The zero-order valence-corrected chi connectivity index (χ0v) is 5.83. The highest BCUT2D eigenvalue weighted by Gasteiger charge is 1.93. The Kier molecular flexibility index (Phi) is 4.88. The van der Waals surface area contributed by atoms with Crippen LogP contribution in [0, 0.1) is 5.92 Å². The molecule has 0 amide bonds. The first-order valence-electron chi connectivity index (χ1n) is 2.99. The Morgan fingerprint density at radius 3 is 2.78 bits per heavy atom. The van der Waals surface area contributed by atoms with Crippen molar-refractivity contribution in [3.05, 3.63) is 12.2 Å². The third kappa shape index (κ3) is 5.07. The summed E-state index contributed by atoms with van der Waals surface area (Å²) in [5, 5.41) is 0. The van der Waals surface area contributed by atoms with Crippen molar-refractivity contribution < 1.29 is 9.53 Å². The minimum absolute atomic E-state index is 0.334. The van der Waals surface area contributed by atoms with Crippen LogP contribution in [0.1, 0.15) is 13.8 Å². The lowest BCUT2D eigenvalue weighted by Crippen LogP contribution is -2.00. The van der Waals surface area contributed by atoms with Crippen molar-refractivity contribution in [1.29, 1.82) is 0 Å². The number of hydrogen-bond acceptors (Lipinski definition) is 2. The van der Waals surface area contributed by atoms with Crippen LogP contribution < -0.4 is 0 Å². The molecule has 0 saturated carbocycles. The van der Waals surface area contributed by atoms with E-state index >= 15 is 0 Å². The van der Waals surface area contributed by atoms with E-state index in [2.05, 4.69) is 4.74 Å². The Morgan fingerprint density at radius 1 is 1.67 bits per heavy atom. The molecule has 0 N–H and O–H groups in total. The maximum absolute atomic E-state index is 9.67. The van der Waals surface area contributed by atoms with Crippen LogP contribution in [0.15, 0.2) is 12.2 Å². The Labute approximate surface area is 55.5 Å². The highest BCUT2D eigenvalue weighted by atomic mass is 16.5. The van der Waals surface area contributed by atoms with Crippen LogP contribution >= 0.6 is 0 Å². The summed E-state index contributed by atoms with van der Waals surface area (Å²) in [7, 11) is 0. The molecular weight excluding hydrogens is 116 g/mol. The second kappa shape index (κ2) is 5.35. The average Bonchev–Trinajstić information content (AvgIpc) is 1.85. The van der Waals surface area contributed by atoms with Crippen molar-refractivity contribution in [2.45, 2.75) is 13.8 Å². The molecule has 2 nitrogen and oxygen atoms in total. The van der Waals surface area contributed by atoms with Crippen molar-refractivity contribution in [2.24, 2.45) is 5.92 Å². The van der Waals surface area contributed by atoms with E-state index in [-0.39, 0.29) is 0 Å². The maximum Gasteiger partial charge on any atom is 0.293 e. The summed E-state index contributed by atoms with van der Waals surface area (Å²) in [6, 6.07) is 0. The van der Waals surface area contributed by atoms with Gasteiger partial charge in [-0.3, -0.25) is 4.79 Å². The van der Waals surface area contributed by atoms with Gasteiger partial charge in [0.2, 0.25) is 0 Å². The molecule has 1 atom stereocenters. The number of rotatable bonds is 4. The first-order chi connectivity index (χ1) is 4.31. The lowest BCUT2D eigenvalue weighted by molar-refractivity contribution is -0.129. The standard InChI is InChI=1S/C7H12O2/c1-3-4-7(2)5-9-6-8/h3-4,6-7H,5H2,1-2H3/b4-3+. The summed E-state index contributed by atoms with van der Waals surface area (Å²) in [6.45, 7) is 4.88. The number of carbonyl (C=O) groups excluding carboxylic acids is 1. The van der Waals surface area contributed by atoms with Gasteiger partial charge >= 0.3 is 0 Å². The highest BCUT2D eigenvalue weighted by Crippen LogP contribution is 1.95. The molecule has 0 radical (unpaired) electrons. The second-order valence-electron chi connectivity index (χ2n) is 1.93. The van der Waals surface area contributed by atoms with E-state index in [1.807, 2.05) is 26.0 Å². The van der Waals surface area contributed by atoms with Gasteiger partial charge in [-0.05, 0) is 6.92 Å². The molecule has 0 saturated heterocycles. The van der Waals surface area contributed by atoms with Gasteiger partial charge in [-0.2, -0.15) is 0 Å². The molecule has 52 valence electrons. The van der Waals surface area contributed by atoms with E-state index in [1.54, 1.807) is 0 Å². The molecule has 0 aromatic rings.